The Balaban J connectivity index is 1.22. The van der Waals surface area contributed by atoms with Gasteiger partial charge in [-0.1, -0.05) is 71.9 Å². The van der Waals surface area contributed by atoms with Gasteiger partial charge in [0.05, 0.1) is 18.5 Å². The van der Waals surface area contributed by atoms with E-state index in [1.807, 2.05) is 36.4 Å². The zero-order valence-corrected chi connectivity index (χ0v) is 24.1. The zero-order chi connectivity index (χ0) is 29.5. The van der Waals surface area contributed by atoms with Crippen LogP contribution in [0.25, 0.3) is 0 Å². The van der Waals surface area contributed by atoms with Crippen LogP contribution in [0.1, 0.15) is 29.1 Å². The fraction of sp³-hybridized carbons (Fsp3) is 0.161. The molecule has 1 aromatic heterocycles. The molecule has 11 heteroatoms. The molecule has 3 amide bonds. The predicted octanol–water partition coefficient (Wildman–Crippen LogP) is 6.69. The molecule has 214 valence electrons. The van der Waals surface area contributed by atoms with Crippen molar-refractivity contribution in [3.05, 3.63) is 119 Å². The van der Waals surface area contributed by atoms with Gasteiger partial charge in [0.15, 0.2) is 5.17 Å². The van der Waals surface area contributed by atoms with Gasteiger partial charge in [-0.2, -0.15) is 0 Å². The number of carbonyl (C=O) groups is 3. The lowest BCUT2D eigenvalue weighted by atomic mass is 10.1. The van der Waals surface area contributed by atoms with Gasteiger partial charge in [-0.25, -0.2) is 9.79 Å². The van der Waals surface area contributed by atoms with Gasteiger partial charge in [-0.3, -0.25) is 14.5 Å². The lowest BCUT2D eigenvalue weighted by molar-refractivity contribution is -0.126. The molecular weight excluding hydrogens is 576 g/mol. The molecule has 42 heavy (non-hydrogen) atoms. The number of nitrogens with zero attached hydrogens (tertiary/aromatic N) is 2. The van der Waals surface area contributed by atoms with E-state index in [-0.39, 0.29) is 19.1 Å². The van der Waals surface area contributed by atoms with Crippen LogP contribution in [-0.2, 0) is 27.5 Å². The Kier molecular flexibility index (Phi) is 9.25. The fourth-order valence-electron chi connectivity index (χ4n) is 4.11. The topological polar surface area (TPSA) is 113 Å². The monoisotopic (exact) mass is 602 g/mol. The number of furan rings is 1. The zero-order valence-electron chi connectivity index (χ0n) is 22.5. The fourth-order valence-corrected chi connectivity index (χ4v) is 5.47. The van der Waals surface area contributed by atoms with Gasteiger partial charge in [0.1, 0.15) is 23.7 Å². The number of halogens is 1. The lowest BCUT2D eigenvalue weighted by Crippen LogP contribution is -2.41. The van der Waals surface area contributed by atoms with Gasteiger partial charge in [-0.05, 0) is 60.5 Å². The van der Waals surface area contributed by atoms with Crippen LogP contribution in [0.5, 0.6) is 0 Å². The summed E-state index contributed by atoms with van der Waals surface area (Å²) in [6.45, 7) is 1.90. The smallest absolute Gasteiger partial charge is 0.408 e. The predicted molar refractivity (Wildman–Crippen MR) is 162 cm³/mol. The molecule has 0 bridgehead atoms. The molecule has 2 heterocycles. The van der Waals surface area contributed by atoms with Crippen LogP contribution < -0.4 is 10.6 Å². The minimum atomic E-state index is -0.833. The molecule has 0 saturated carbocycles. The Hall–Kier alpha value is -4.54. The molecule has 1 fully saturated rings. The Labute approximate surface area is 251 Å². The molecule has 1 unspecified atom stereocenters. The first-order chi connectivity index (χ1) is 20.4. The highest BCUT2D eigenvalue weighted by molar-refractivity contribution is 8.15. The molecule has 3 aromatic carbocycles. The normalized spacial score (nSPS) is 16.3. The molecule has 1 aliphatic heterocycles. The number of nitrogens with one attached hydrogen (secondary N) is 2. The number of amidine groups is 1. The maximum atomic E-state index is 13.5. The second-order valence-electron chi connectivity index (χ2n) is 9.41. The van der Waals surface area contributed by atoms with E-state index in [4.69, 9.17) is 25.7 Å². The molecule has 2 atom stereocenters. The van der Waals surface area contributed by atoms with Gasteiger partial charge >= 0.3 is 6.09 Å². The second kappa shape index (κ2) is 13.4. The van der Waals surface area contributed by atoms with Crippen LogP contribution in [0.15, 0.2) is 107 Å². The maximum absolute atomic E-state index is 13.5. The summed E-state index contributed by atoms with van der Waals surface area (Å²) in [5, 5.41) is 5.84. The van der Waals surface area contributed by atoms with Crippen molar-refractivity contribution in [1.29, 1.82) is 0 Å². The highest BCUT2D eigenvalue weighted by atomic mass is 35.5. The number of carbonyl (C=O) groups excluding carboxylic acids is 3. The summed E-state index contributed by atoms with van der Waals surface area (Å²) in [6.07, 6.45) is 0.869. The van der Waals surface area contributed by atoms with Gasteiger partial charge in [0.25, 0.3) is 0 Å². The number of aliphatic imine (C=N–C) groups is 1. The minimum Gasteiger partial charge on any atom is -0.467 e. The average Bonchev–Trinajstić information content (AvgIpc) is 3.61. The van der Waals surface area contributed by atoms with Crippen molar-refractivity contribution in [1.82, 2.24) is 10.2 Å². The standard InChI is InChI=1S/C31H27ClN4O5S/c1-20(33-31(39)41-19-21-7-3-2-4-8-21)28(37)34-24-14-12-22(13-15-24)27-29(38)36(18-26-11-6-16-40-26)30(42-27)35-25-10-5-9-23(32)17-25/h2-17,20,27H,18-19H2,1H3,(H,33,39)(H,34,37)/b35-30-/t20-,27?/m0/s1. The molecule has 0 aliphatic carbocycles. The summed E-state index contributed by atoms with van der Waals surface area (Å²) in [7, 11) is 0. The van der Waals surface area contributed by atoms with Crippen molar-refractivity contribution in [2.24, 2.45) is 4.99 Å². The third kappa shape index (κ3) is 7.39. The molecular formula is C31H27ClN4O5S. The summed E-state index contributed by atoms with van der Waals surface area (Å²) in [6, 6.07) is 26.1. The number of anilines is 1. The van der Waals surface area contributed by atoms with Crippen LogP contribution in [0.3, 0.4) is 0 Å². The molecule has 5 rings (SSSR count). The van der Waals surface area contributed by atoms with E-state index in [9.17, 15) is 14.4 Å². The van der Waals surface area contributed by atoms with Crippen molar-refractivity contribution in [2.45, 2.75) is 31.4 Å². The Morgan fingerprint density at radius 1 is 1.05 bits per heavy atom. The summed E-state index contributed by atoms with van der Waals surface area (Å²) in [5.74, 6) is 0.0835. The Bertz CT molecular complexity index is 1580. The lowest BCUT2D eigenvalue weighted by Gasteiger charge is -2.16. The number of amides is 3. The van der Waals surface area contributed by atoms with Crippen LogP contribution >= 0.6 is 23.4 Å². The number of hydrogen-bond acceptors (Lipinski definition) is 7. The van der Waals surface area contributed by atoms with E-state index in [2.05, 4.69) is 10.6 Å². The van der Waals surface area contributed by atoms with Crippen LogP contribution in [0.2, 0.25) is 5.02 Å². The molecule has 1 saturated heterocycles. The SMILES string of the molecule is C[C@H](NC(=O)OCc1ccccc1)C(=O)Nc1ccc(C2S/C(=N\c3cccc(Cl)c3)N(Cc3ccco3)C2=O)cc1. The molecule has 0 radical (unpaired) electrons. The molecule has 0 spiro atoms. The molecule has 2 N–H and O–H groups in total. The summed E-state index contributed by atoms with van der Waals surface area (Å²) in [5.41, 5.74) is 2.74. The highest BCUT2D eigenvalue weighted by Crippen LogP contribution is 2.41. The summed E-state index contributed by atoms with van der Waals surface area (Å²) >= 11 is 7.47. The van der Waals surface area contributed by atoms with E-state index in [1.165, 1.54) is 11.8 Å². The number of hydrogen-bond donors (Lipinski definition) is 2. The van der Waals surface area contributed by atoms with Crippen molar-refractivity contribution in [3.8, 4) is 0 Å². The third-order valence-electron chi connectivity index (χ3n) is 6.29. The van der Waals surface area contributed by atoms with E-state index in [0.717, 1.165) is 11.1 Å². The summed E-state index contributed by atoms with van der Waals surface area (Å²) in [4.78, 5) is 44.6. The van der Waals surface area contributed by atoms with Gasteiger partial charge in [0.2, 0.25) is 11.8 Å². The van der Waals surface area contributed by atoms with Crippen molar-refractivity contribution < 1.29 is 23.5 Å². The molecule has 4 aromatic rings. The Morgan fingerprint density at radius 3 is 2.55 bits per heavy atom. The average molecular weight is 603 g/mol. The van der Waals surface area contributed by atoms with Gasteiger partial charge in [-0.15, -0.1) is 0 Å². The van der Waals surface area contributed by atoms with Crippen molar-refractivity contribution >= 4 is 57.8 Å². The van der Waals surface area contributed by atoms with E-state index < -0.39 is 23.3 Å². The van der Waals surface area contributed by atoms with Crippen LogP contribution in [0.4, 0.5) is 16.2 Å². The minimum absolute atomic E-state index is 0.102. The largest absolute Gasteiger partial charge is 0.467 e. The highest BCUT2D eigenvalue weighted by Gasteiger charge is 2.39. The summed E-state index contributed by atoms with van der Waals surface area (Å²) < 4.78 is 10.7. The van der Waals surface area contributed by atoms with Crippen LogP contribution in [0, 0.1) is 0 Å². The quantitative estimate of drug-likeness (QED) is 0.221. The number of alkyl carbamates (subject to hydrolysis) is 1. The number of benzene rings is 3. The Morgan fingerprint density at radius 2 is 1.83 bits per heavy atom. The second-order valence-corrected chi connectivity index (χ2v) is 10.9. The first kappa shape index (κ1) is 29.0. The van der Waals surface area contributed by atoms with Crippen LogP contribution in [-0.4, -0.2) is 34.0 Å². The van der Waals surface area contributed by atoms with Gasteiger partial charge in [0, 0.05) is 10.7 Å². The maximum Gasteiger partial charge on any atom is 0.408 e. The molecule has 9 nitrogen and oxygen atoms in total. The van der Waals surface area contributed by atoms with Crippen molar-refractivity contribution in [3.63, 3.8) is 0 Å². The first-order valence-electron chi connectivity index (χ1n) is 13.1. The van der Waals surface area contributed by atoms with Crippen molar-refractivity contribution in [2.75, 3.05) is 5.32 Å². The number of thioether (sulfide) groups is 1. The van der Waals surface area contributed by atoms with Gasteiger partial charge < -0.3 is 19.8 Å². The number of rotatable bonds is 9. The first-order valence-corrected chi connectivity index (χ1v) is 14.3. The van der Waals surface area contributed by atoms with E-state index in [0.29, 0.717) is 27.3 Å². The van der Waals surface area contributed by atoms with E-state index in [1.54, 1.807) is 72.7 Å². The third-order valence-corrected chi connectivity index (χ3v) is 7.76. The van der Waals surface area contributed by atoms with E-state index >= 15 is 0 Å². The molecule has 1 aliphatic rings. The number of ether oxygens (including phenoxy) is 1.